The first kappa shape index (κ1) is 24.7. The Morgan fingerprint density at radius 2 is 1.76 bits per heavy atom. The third kappa shape index (κ3) is 5.26. The molecule has 1 fully saturated rings. The third-order valence-corrected chi connectivity index (χ3v) is 6.62. The van der Waals surface area contributed by atoms with E-state index in [9.17, 15) is 18.0 Å². The van der Waals surface area contributed by atoms with E-state index in [0.29, 0.717) is 23.4 Å². The van der Waals surface area contributed by atoms with Crippen LogP contribution < -0.4 is 10.5 Å². The van der Waals surface area contributed by atoms with Crippen LogP contribution in [0, 0.1) is 17.5 Å². The van der Waals surface area contributed by atoms with Crippen LogP contribution in [0.25, 0.3) is 22.6 Å². The van der Waals surface area contributed by atoms with Gasteiger partial charge in [-0.25, -0.2) is 17.9 Å². The second-order valence-electron chi connectivity index (χ2n) is 9.21. The van der Waals surface area contributed by atoms with Gasteiger partial charge in [0.25, 0.3) is 5.56 Å². The smallest absolute Gasteiger partial charge is 0.324 e. The van der Waals surface area contributed by atoms with Gasteiger partial charge in [0.15, 0.2) is 17.5 Å². The normalized spacial score (nSPS) is 14.7. The van der Waals surface area contributed by atoms with Gasteiger partial charge in [-0.1, -0.05) is 23.4 Å². The predicted molar refractivity (Wildman–Crippen MR) is 132 cm³/mol. The zero-order valence-electron chi connectivity index (χ0n) is 20.4. The molecule has 4 aromatic rings. The first-order valence-corrected chi connectivity index (χ1v) is 11.9. The molecule has 11 heteroatoms. The number of likely N-dealkylation sites (tertiary alicyclic amines) is 1. The van der Waals surface area contributed by atoms with Crippen molar-refractivity contribution >= 4 is 6.01 Å². The number of halogens is 3. The zero-order chi connectivity index (χ0) is 26.1. The Labute approximate surface area is 210 Å². The molecular formula is C26H25F3N6O2. The predicted octanol–water partition coefficient (Wildman–Crippen LogP) is 3.96. The molecule has 0 saturated carbocycles. The lowest BCUT2D eigenvalue weighted by molar-refractivity contribution is 0.247. The van der Waals surface area contributed by atoms with Crippen LogP contribution in [0.1, 0.15) is 18.4 Å². The number of hydrogen-bond donors (Lipinski definition) is 0. The van der Waals surface area contributed by atoms with E-state index < -0.39 is 23.0 Å². The number of rotatable bonds is 6. The van der Waals surface area contributed by atoms with E-state index in [1.165, 1.54) is 16.8 Å². The minimum Gasteiger partial charge on any atom is -0.324 e. The van der Waals surface area contributed by atoms with Crippen molar-refractivity contribution in [1.29, 1.82) is 0 Å². The van der Waals surface area contributed by atoms with Crippen molar-refractivity contribution in [2.75, 3.05) is 32.1 Å². The molecule has 1 saturated heterocycles. The van der Waals surface area contributed by atoms with Gasteiger partial charge in [0.2, 0.25) is 5.82 Å². The molecule has 37 heavy (non-hydrogen) atoms. The van der Waals surface area contributed by atoms with E-state index in [2.05, 4.69) is 27.2 Å². The highest BCUT2D eigenvalue weighted by Gasteiger charge is 2.24. The average molecular weight is 511 g/mol. The van der Waals surface area contributed by atoms with E-state index in [4.69, 9.17) is 4.52 Å². The van der Waals surface area contributed by atoms with E-state index in [1.54, 1.807) is 6.07 Å². The summed E-state index contributed by atoms with van der Waals surface area (Å²) in [4.78, 5) is 21.3. The maximum absolute atomic E-state index is 13.7. The maximum atomic E-state index is 13.7. The molecule has 8 nitrogen and oxygen atoms in total. The van der Waals surface area contributed by atoms with Crippen molar-refractivity contribution < 1.29 is 17.7 Å². The van der Waals surface area contributed by atoms with Crippen LogP contribution in [0.5, 0.6) is 0 Å². The third-order valence-electron chi connectivity index (χ3n) is 6.62. The highest BCUT2D eigenvalue weighted by atomic mass is 19.2. The summed E-state index contributed by atoms with van der Waals surface area (Å²) in [5.41, 5.74) is 1.19. The van der Waals surface area contributed by atoms with E-state index in [0.717, 1.165) is 43.6 Å². The minimum absolute atomic E-state index is 0.0203. The molecule has 1 aliphatic rings. The summed E-state index contributed by atoms with van der Waals surface area (Å²) in [7, 11) is 4.06. The molecule has 2 aromatic carbocycles. The van der Waals surface area contributed by atoms with Gasteiger partial charge in [0.1, 0.15) is 0 Å². The lowest BCUT2D eigenvalue weighted by Gasteiger charge is -2.33. The fourth-order valence-electron chi connectivity index (χ4n) is 4.42. The van der Waals surface area contributed by atoms with E-state index in [-0.39, 0.29) is 17.8 Å². The fraction of sp³-hybridized carbons (Fsp3) is 0.308. The van der Waals surface area contributed by atoms with E-state index >= 15 is 0 Å². The summed E-state index contributed by atoms with van der Waals surface area (Å²) >= 11 is 0. The van der Waals surface area contributed by atoms with Crippen LogP contribution in [0.3, 0.4) is 0 Å². The Morgan fingerprint density at radius 1 is 1.03 bits per heavy atom. The zero-order valence-corrected chi connectivity index (χ0v) is 20.4. The molecule has 0 bridgehead atoms. The van der Waals surface area contributed by atoms with E-state index in [1.807, 2.05) is 30.1 Å². The SMILES string of the molecule is CN1CCC(N(C)c2nc(-c3cccc(Cn4nc(-c5cc(F)c(F)c(F)c5)ccc4=O)c3)no2)CC1. The Kier molecular flexibility index (Phi) is 6.79. The van der Waals surface area contributed by atoms with Gasteiger partial charge in [0, 0.05) is 30.3 Å². The number of hydrogen-bond acceptors (Lipinski definition) is 7. The number of piperidine rings is 1. The van der Waals surface area contributed by atoms with Crippen molar-refractivity contribution in [1.82, 2.24) is 24.8 Å². The molecule has 1 aliphatic heterocycles. The summed E-state index contributed by atoms with van der Waals surface area (Å²) in [6.45, 7) is 2.11. The van der Waals surface area contributed by atoms with Gasteiger partial charge in [-0.15, -0.1) is 0 Å². The first-order chi connectivity index (χ1) is 17.8. The molecule has 0 amide bonds. The molecule has 5 rings (SSSR count). The van der Waals surface area contributed by atoms with Crippen molar-refractivity contribution in [3.63, 3.8) is 0 Å². The van der Waals surface area contributed by atoms with Gasteiger partial charge in [-0.05, 0) is 62.8 Å². The number of aromatic nitrogens is 4. The monoisotopic (exact) mass is 510 g/mol. The van der Waals surface area contributed by atoms with Crippen molar-refractivity contribution in [3.05, 3.63) is 81.9 Å². The lowest BCUT2D eigenvalue weighted by atomic mass is 10.0. The Bertz CT molecular complexity index is 1460. The van der Waals surface area contributed by atoms with Crippen molar-refractivity contribution in [2.24, 2.45) is 0 Å². The summed E-state index contributed by atoms with van der Waals surface area (Å²) in [5.74, 6) is -3.80. The molecular weight excluding hydrogens is 485 g/mol. The van der Waals surface area contributed by atoms with Crippen LogP contribution in [0.4, 0.5) is 19.2 Å². The lowest BCUT2D eigenvalue weighted by Crippen LogP contribution is -2.42. The second-order valence-corrected chi connectivity index (χ2v) is 9.21. The first-order valence-electron chi connectivity index (χ1n) is 11.9. The van der Waals surface area contributed by atoms with Crippen LogP contribution in [-0.4, -0.2) is 58.0 Å². The number of anilines is 1. The topological polar surface area (TPSA) is 80.3 Å². The standard InChI is InChI=1S/C26H25F3N6O2/c1-33-10-8-19(9-11-33)34(2)26-30-25(32-37-26)17-5-3-4-16(12-17)15-35-23(36)7-6-22(31-35)18-13-20(27)24(29)21(28)14-18/h3-7,12-14,19H,8-11,15H2,1-2H3. The molecule has 3 heterocycles. The molecule has 0 atom stereocenters. The number of benzene rings is 2. The fourth-order valence-corrected chi connectivity index (χ4v) is 4.42. The van der Waals surface area contributed by atoms with Gasteiger partial charge in [0.05, 0.1) is 12.2 Å². The second kappa shape index (κ2) is 10.2. The van der Waals surface area contributed by atoms with Crippen LogP contribution >= 0.6 is 0 Å². The molecule has 2 aromatic heterocycles. The van der Waals surface area contributed by atoms with Gasteiger partial charge >= 0.3 is 6.01 Å². The summed E-state index contributed by atoms with van der Waals surface area (Å²) in [6.07, 6.45) is 2.02. The Morgan fingerprint density at radius 3 is 2.49 bits per heavy atom. The molecule has 0 spiro atoms. The largest absolute Gasteiger partial charge is 0.324 e. The van der Waals surface area contributed by atoms with Crippen LogP contribution in [0.15, 0.2) is 57.8 Å². The minimum atomic E-state index is -1.56. The summed E-state index contributed by atoms with van der Waals surface area (Å²) in [5, 5.41) is 8.36. The Balaban J connectivity index is 1.36. The molecule has 192 valence electrons. The Hall–Kier alpha value is -3.99. The molecule has 0 unspecified atom stereocenters. The van der Waals surface area contributed by atoms with Gasteiger partial charge < -0.3 is 14.3 Å². The highest BCUT2D eigenvalue weighted by molar-refractivity contribution is 5.59. The van der Waals surface area contributed by atoms with Crippen LogP contribution in [-0.2, 0) is 6.54 Å². The van der Waals surface area contributed by atoms with Crippen LogP contribution in [0.2, 0.25) is 0 Å². The molecule has 0 N–H and O–H groups in total. The molecule has 0 aliphatic carbocycles. The summed E-state index contributed by atoms with van der Waals surface area (Å²) in [6, 6.07) is 12.3. The maximum Gasteiger partial charge on any atom is 0.324 e. The summed E-state index contributed by atoms with van der Waals surface area (Å²) < 4.78 is 47.4. The van der Waals surface area contributed by atoms with Crippen molar-refractivity contribution in [2.45, 2.75) is 25.4 Å². The average Bonchev–Trinajstić information content (AvgIpc) is 3.39. The van der Waals surface area contributed by atoms with Gasteiger partial charge in [-0.3, -0.25) is 4.79 Å². The van der Waals surface area contributed by atoms with Gasteiger partial charge in [-0.2, -0.15) is 10.1 Å². The number of nitrogens with zero attached hydrogens (tertiary/aromatic N) is 6. The quantitative estimate of drug-likeness (QED) is 0.364. The van der Waals surface area contributed by atoms with Crippen molar-refractivity contribution in [3.8, 4) is 22.6 Å². The highest BCUT2D eigenvalue weighted by Crippen LogP contribution is 2.25. The molecule has 0 radical (unpaired) electrons.